The molecule has 1 unspecified atom stereocenters. The molecule has 0 aliphatic carbocycles. The molecule has 0 saturated carbocycles. The van der Waals surface area contributed by atoms with Crippen LogP contribution in [0.15, 0.2) is 27.6 Å². The van der Waals surface area contributed by atoms with Crippen LogP contribution in [-0.2, 0) is 10.0 Å². The Morgan fingerprint density at radius 3 is 2.73 bits per heavy atom. The Kier molecular flexibility index (Phi) is 5.54. The van der Waals surface area contributed by atoms with Crippen molar-refractivity contribution in [1.29, 1.82) is 0 Å². The van der Waals surface area contributed by atoms with Crippen molar-refractivity contribution in [1.82, 2.24) is 9.62 Å². The van der Waals surface area contributed by atoms with Gasteiger partial charge in [0.2, 0.25) is 10.0 Å². The third-order valence-corrected chi connectivity index (χ3v) is 6.19. The van der Waals surface area contributed by atoms with E-state index in [2.05, 4.69) is 21.2 Å². The molecule has 1 atom stereocenters. The van der Waals surface area contributed by atoms with Gasteiger partial charge in [-0.05, 0) is 47.4 Å². The van der Waals surface area contributed by atoms with Gasteiger partial charge in [0, 0.05) is 25.2 Å². The lowest BCUT2D eigenvalue weighted by atomic mass is 10.2. The van der Waals surface area contributed by atoms with Gasteiger partial charge in [0.05, 0.1) is 14.3 Å². The Bertz CT molecular complexity index is 659. The molecular formula is C13H18BrN3O4S. The first-order chi connectivity index (χ1) is 10.4. The zero-order valence-electron chi connectivity index (χ0n) is 12.2. The topological polar surface area (TPSA) is 92.6 Å². The molecule has 22 heavy (non-hydrogen) atoms. The predicted molar refractivity (Wildman–Crippen MR) is 86.3 cm³/mol. The monoisotopic (exact) mass is 391 g/mol. The molecule has 7 nitrogen and oxygen atoms in total. The number of nitrogens with zero attached hydrogens (tertiary/aromatic N) is 2. The van der Waals surface area contributed by atoms with Crippen molar-refractivity contribution < 1.29 is 13.3 Å². The summed E-state index contributed by atoms with van der Waals surface area (Å²) in [5.41, 5.74) is -0.150. The van der Waals surface area contributed by atoms with Crippen LogP contribution in [0.5, 0.6) is 0 Å². The fourth-order valence-corrected chi connectivity index (χ4v) is 4.98. The third-order valence-electron chi connectivity index (χ3n) is 3.61. The van der Waals surface area contributed by atoms with Gasteiger partial charge in [0.1, 0.15) is 0 Å². The van der Waals surface area contributed by atoms with E-state index in [0.29, 0.717) is 19.5 Å². The van der Waals surface area contributed by atoms with Gasteiger partial charge >= 0.3 is 0 Å². The summed E-state index contributed by atoms with van der Waals surface area (Å²) in [5, 5.41) is 14.0. The minimum Gasteiger partial charge on any atom is -0.315 e. The lowest BCUT2D eigenvalue weighted by Gasteiger charge is -2.27. The highest BCUT2D eigenvalue weighted by atomic mass is 79.9. The zero-order chi connectivity index (χ0) is 16.3. The molecule has 1 aromatic carbocycles. The average Bonchev–Trinajstić information content (AvgIpc) is 2.97. The molecule has 1 fully saturated rings. The fourth-order valence-electron chi connectivity index (χ4n) is 2.54. The minimum absolute atomic E-state index is 0.0704. The predicted octanol–water partition coefficient (Wildman–Crippen LogP) is 2.12. The van der Waals surface area contributed by atoms with E-state index in [9.17, 15) is 18.5 Å². The molecule has 1 N–H and O–H groups in total. The number of sulfonamides is 1. The molecule has 0 spiro atoms. The van der Waals surface area contributed by atoms with E-state index in [1.54, 1.807) is 0 Å². The first-order valence-corrected chi connectivity index (χ1v) is 9.27. The van der Waals surface area contributed by atoms with Gasteiger partial charge < -0.3 is 5.32 Å². The normalized spacial score (nSPS) is 18.8. The molecule has 1 saturated heterocycles. The van der Waals surface area contributed by atoms with Crippen LogP contribution in [0.25, 0.3) is 0 Å². The van der Waals surface area contributed by atoms with Crippen LogP contribution < -0.4 is 5.32 Å². The Balaban J connectivity index is 2.38. The van der Waals surface area contributed by atoms with Crippen molar-refractivity contribution in [3.8, 4) is 0 Å². The molecule has 1 aliphatic heterocycles. The van der Waals surface area contributed by atoms with Crippen LogP contribution in [0.4, 0.5) is 5.69 Å². The van der Waals surface area contributed by atoms with Crippen LogP contribution in [0.1, 0.15) is 19.8 Å². The van der Waals surface area contributed by atoms with Crippen molar-refractivity contribution >= 4 is 31.6 Å². The number of hydrogen-bond acceptors (Lipinski definition) is 5. The van der Waals surface area contributed by atoms with Crippen LogP contribution >= 0.6 is 15.9 Å². The standard InChI is InChI=1S/C13H18BrN3O4S/c1-2-7-16(10-5-6-15-9-10)22(20,21)11-3-4-13(17(18)19)12(14)8-11/h3-4,8,10,15H,2,5-7,9H2,1H3. The van der Waals surface area contributed by atoms with Crippen LogP contribution in [0.2, 0.25) is 0 Å². The van der Waals surface area contributed by atoms with Crippen molar-refractivity contribution in [2.45, 2.75) is 30.7 Å². The molecule has 122 valence electrons. The van der Waals surface area contributed by atoms with Crippen molar-refractivity contribution in [3.63, 3.8) is 0 Å². The summed E-state index contributed by atoms with van der Waals surface area (Å²) in [4.78, 5) is 10.4. The summed E-state index contributed by atoms with van der Waals surface area (Å²) in [6.45, 7) is 3.79. The van der Waals surface area contributed by atoms with Gasteiger partial charge in [-0.15, -0.1) is 0 Å². The summed E-state index contributed by atoms with van der Waals surface area (Å²) < 4.78 is 27.4. The second-order valence-electron chi connectivity index (χ2n) is 5.13. The van der Waals surface area contributed by atoms with E-state index in [0.717, 1.165) is 13.0 Å². The first kappa shape index (κ1) is 17.3. The van der Waals surface area contributed by atoms with Crippen LogP contribution in [0.3, 0.4) is 0 Å². The van der Waals surface area contributed by atoms with Gasteiger partial charge in [-0.3, -0.25) is 10.1 Å². The minimum atomic E-state index is -3.67. The van der Waals surface area contributed by atoms with Gasteiger partial charge in [-0.1, -0.05) is 6.92 Å². The summed E-state index contributed by atoms with van der Waals surface area (Å²) in [6.07, 6.45) is 1.48. The van der Waals surface area contributed by atoms with Crippen molar-refractivity contribution in [2.24, 2.45) is 0 Å². The Morgan fingerprint density at radius 1 is 1.50 bits per heavy atom. The van der Waals surface area contributed by atoms with E-state index in [4.69, 9.17) is 0 Å². The number of halogens is 1. The second-order valence-corrected chi connectivity index (χ2v) is 7.88. The maximum absolute atomic E-state index is 12.9. The number of rotatable bonds is 6. The number of hydrogen-bond donors (Lipinski definition) is 1. The Labute approximate surface area is 138 Å². The van der Waals surface area contributed by atoms with E-state index >= 15 is 0 Å². The summed E-state index contributed by atoms with van der Waals surface area (Å²) in [6, 6.07) is 3.74. The highest BCUT2D eigenvalue weighted by Gasteiger charge is 2.33. The number of nitro benzene ring substituents is 1. The van der Waals surface area contributed by atoms with Crippen LogP contribution in [0, 0.1) is 10.1 Å². The van der Waals surface area contributed by atoms with Crippen molar-refractivity contribution in [2.75, 3.05) is 19.6 Å². The first-order valence-electron chi connectivity index (χ1n) is 7.04. The van der Waals surface area contributed by atoms with Gasteiger partial charge in [0.15, 0.2) is 0 Å². The SMILES string of the molecule is CCCN(C1CCNC1)S(=O)(=O)c1ccc([N+](=O)[O-])c(Br)c1. The second kappa shape index (κ2) is 7.03. The molecule has 0 amide bonds. The number of nitrogens with one attached hydrogen (secondary N) is 1. The quantitative estimate of drug-likeness (QED) is 0.592. The maximum Gasteiger partial charge on any atom is 0.283 e. The van der Waals surface area contributed by atoms with Crippen LogP contribution in [-0.4, -0.2) is 43.3 Å². The largest absolute Gasteiger partial charge is 0.315 e. The van der Waals surface area contributed by atoms with E-state index in [-0.39, 0.29) is 21.1 Å². The molecular weight excluding hydrogens is 374 g/mol. The molecule has 2 rings (SSSR count). The lowest BCUT2D eigenvalue weighted by Crippen LogP contribution is -2.42. The molecule has 0 aromatic heterocycles. The summed E-state index contributed by atoms with van der Waals surface area (Å²) in [7, 11) is -3.67. The molecule has 0 bridgehead atoms. The Morgan fingerprint density at radius 2 is 2.23 bits per heavy atom. The number of nitro groups is 1. The summed E-state index contributed by atoms with van der Waals surface area (Å²) in [5.74, 6) is 0. The summed E-state index contributed by atoms with van der Waals surface area (Å²) >= 11 is 3.07. The number of benzene rings is 1. The van der Waals surface area contributed by atoms with E-state index in [1.165, 1.54) is 22.5 Å². The highest BCUT2D eigenvalue weighted by molar-refractivity contribution is 9.10. The van der Waals surface area contributed by atoms with Gasteiger partial charge in [0.25, 0.3) is 5.69 Å². The fraction of sp³-hybridized carbons (Fsp3) is 0.538. The van der Waals surface area contributed by atoms with Gasteiger partial charge in [-0.25, -0.2) is 8.42 Å². The Hall–Kier alpha value is -1.03. The third kappa shape index (κ3) is 3.48. The molecule has 1 heterocycles. The molecule has 9 heteroatoms. The highest BCUT2D eigenvalue weighted by Crippen LogP contribution is 2.30. The van der Waals surface area contributed by atoms with Gasteiger partial charge in [-0.2, -0.15) is 4.31 Å². The maximum atomic E-state index is 12.9. The van der Waals surface area contributed by atoms with Crippen molar-refractivity contribution in [3.05, 3.63) is 32.8 Å². The molecule has 1 aromatic rings. The molecule has 1 aliphatic rings. The lowest BCUT2D eigenvalue weighted by molar-refractivity contribution is -0.385. The average molecular weight is 392 g/mol. The van der Waals surface area contributed by atoms with E-state index < -0.39 is 14.9 Å². The van der Waals surface area contributed by atoms with E-state index in [1.807, 2.05) is 6.92 Å². The zero-order valence-corrected chi connectivity index (χ0v) is 14.6. The smallest absolute Gasteiger partial charge is 0.283 e. The molecule has 0 radical (unpaired) electrons.